The Morgan fingerprint density at radius 1 is 1.29 bits per heavy atom. The summed E-state index contributed by atoms with van der Waals surface area (Å²) in [6.07, 6.45) is 4.79. The number of aliphatic hydroxyl groups excluding tert-OH is 1. The number of nitrogens with zero attached hydrogens (tertiary/aromatic N) is 2. The lowest BCUT2D eigenvalue weighted by Gasteiger charge is -2.15. The van der Waals surface area contributed by atoms with Gasteiger partial charge >= 0.3 is 0 Å². The summed E-state index contributed by atoms with van der Waals surface area (Å²) in [7, 11) is 0. The molecule has 5 heteroatoms. The van der Waals surface area contributed by atoms with E-state index in [2.05, 4.69) is 11.9 Å². The van der Waals surface area contributed by atoms with Crippen molar-refractivity contribution in [3.63, 3.8) is 0 Å². The van der Waals surface area contributed by atoms with Crippen molar-refractivity contribution in [2.75, 3.05) is 13.2 Å². The Kier molecular flexibility index (Phi) is 4.10. The van der Waals surface area contributed by atoms with Gasteiger partial charge in [-0.3, -0.25) is 0 Å². The largest absolute Gasteiger partial charge is 0.490 e. The van der Waals surface area contributed by atoms with Crippen LogP contribution in [0.2, 0.25) is 0 Å². The summed E-state index contributed by atoms with van der Waals surface area (Å²) >= 11 is 0. The third kappa shape index (κ3) is 3.03. The Morgan fingerprint density at radius 3 is 2.90 bits per heavy atom. The summed E-state index contributed by atoms with van der Waals surface area (Å²) in [5, 5.41) is 10.4. The smallest absolute Gasteiger partial charge is 0.161 e. The molecule has 112 valence electrons. The number of imidazole rings is 1. The molecule has 1 aromatic carbocycles. The fraction of sp³-hybridized carbons (Fsp3) is 0.438. The van der Waals surface area contributed by atoms with E-state index >= 15 is 0 Å². The molecule has 0 aliphatic carbocycles. The summed E-state index contributed by atoms with van der Waals surface area (Å²) in [6.45, 7) is 3.86. The van der Waals surface area contributed by atoms with E-state index in [1.165, 1.54) is 0 Å². The second kappa shape index (κ2) is 6.18. The van der Waals surface area contributed by atoms with Gasteiger partial charge in [0.15, 0.2) is 11.5 Å². The van der Waals surface area contributed by atoms with Gasteiger partial charge in [0, 0.05) is 25.2 Å². The highest BCUT2D eigenvalue weighted by molar-refractivity contribution is 5.44. The SMILES string of the molecule is CCc1nccn1CC(O)c1ccc2c(c1)OCCCO2. The number of benzene rings is 1. The van der Waals surface area contributed by atoms with Gasteiger partial charge in [-0.2, -0.15) is 0 Å². The number of hydrogen-bond donors (Lipinski definition) is 1. The van der Waals surface area contributed by atoms with Gasteiger partial charge in [-0.05, 0) is 17.7 Å². The zero-order valence-electron chi connectivity index (χ0n) is 12.2. The highest BCUT2D eigenvalue weighted by Crippen LogP contribution is 2.32. The maximum absolute atomic E-state index is 10.4. The minimum atomic E-state index is -0.596. The zero-order valence-corrected chi connectivity index (χ0v) is 12.2. The van der Waals surface area contributed by atoms with Gasteiger partial charge in [-0.15, -0.1) is 0 Å². The lowest BCUT2D eigenvalue weighted by molar-refractivity contribution is 0.155. The molecule has 0 saturated carbocycles. The number of aryl methyl sites for hydroxylation is 1. The van der Waals surface area contributed by atoms with Gasteiger partial charge in [0.1, 0.15) is 5.82 Å². The van der Waals surface area contributed by atoms with Gasteiger partial charge in [0.2, 0.25) is 0 Å². The molecule has 1 aromatic heterocycles. The van der Waals surface area contributed by atoms with E-state index in [4.69, 9.17) is 9.47 Å². The lowest BCUT2D eigenvalue weighted by Crippen LogP contribution is -2.11. The first-order valence-electron chi connectivity index (χ1n) is 7.35. The molecule has 0 fully saturated rings. The number of aromatic nitrogens is 2. The Bertz CT molecular complexity index is 609. The summed E-state index contributed by atoms with van der Waals surface area (Å²) < 4.78 is 13.2. The second-order valence-corrected chi connectivity index (χ2v) is 5.12. The van der Waals surface area contributed by atoms with Gasteiger partial charge in [0.05, 0.1) is 25.9 Å². The number of rotatable bonds is 4. The highest BCUT2D eigenvalue weighted by Gasteiger charge is 2.15. The van der Waals surface area contributed by atoms with E-state index in [1.807, 2.05) is 29.0 Å². The predicted octanol–water partition coefficient (Wildman–Crippen LogP) is 2.34. The van der Waals surface area contributed by atoms with Crippen molar-refractivity contribution in [3.8, 4) is 11.5 Å². The normalized spacial score (nSPS) is 15.5. The predicted molar refractivity (Wildman–Crippen MR) is 78.6 cm³/mol. The standard InChI is InChI=1S/C16H20N2O3/c1-2-16-17-6-7-18(16)11-13(19)12-4-5-14-15(10-12)21-9-3-8-20-14/h4-7,10,13,19H,2-3,8-9,11H2,1H3. The van der Waals surface area contributed by atoms with Crippen molar-refractivity contribution >= 4 is 0 Å². The number of aliphatic hydroxyl groups is 1. The molecule has 0 amide bonds. The van der Waals surface area contributed by atoms with E-state index in [0.29, 0.717) is 25.5 Å². The van der Waals surface area contributed by atoms with Gasteiger partial charge in [-0.1, -0.05) is 13.0 Å². The van der Waals surface area contributed by atoms with Crippen molar-refractivity contribution in [2.45, 2.75) is 32.4 Å². The van der Waals surface area contributed by atoms with Crippen LogP contribution in [0.25, 0.3) is 0 Å². The maximum Gasteiger partial charge on any atom is 0.161 e. The molecular formula is C16H20N2O3. The van der Waals surface area contributed by atoms with Crippen molar-refractivity contribution in [1.82, 2.24) is 9.55 Å². The van der Waals surface area contributed by atoms with Crippen LogP contribution in [0, 0.1) is 0 Å². The minimum absolute atomic E-state index is 0.489. The summed E-state index contributed by atoms with van der Waals surface area (Å²) in [6, 6.07) is 5.63. The molecule has 0 bridgehead atoms. The Morgan fingerprint density at radius 2 is 2.10 bits per heavy atom. The Balaban J connectivity index is 1.78. The van der Waals surface area contributed by atoms with Crippen molar-refractivity contribution < 1.29 is 14.6 Å². The fourth-order valence-electron chi connectivity index (χ4n) is 2.50. The number of ether oxygens (including phenoxy) is 2. The second-order valence-electron chi connectivity index (χ2n) is 5.12. The molecule has 0 saturated heterocycles. The molecule has 2 heterocycles. The number of fused-ring (bicyclic) bond motifs is 1. The molecule has 0 spiro atoms. The molecule has 1 unspecified atom stereocenters. The van der Waals surface area contributed by atoms with E-state index in [9.17, 15) is 5.11 Å². The van der Waals surface area contributed by atoms with Crippen LogP contribution in [0.5, 0.6) is 11.5 Å². The molecule has 21 heavy (non-hydrogen) atoms. The highest BCUT2D eigenvalue weighted by atomic mass is 16.5. The average molecular weight is 288 g/mol. The molecule has 1 aliphatic heterocycles. The first kappa shape index (κ1) is 13.9. The Labute approximate surface area is 124 Å². The first-order valence-corrected chi connectivity index (χ1v) is 7.35. The third-order valence-electron chi connectivity index (χ3n) is 3.64. The Hall–Kier alpha value is -2.01. The topological polar surface area (TPSA) is 56.5 Å². The van der Waals surface area contributed by atoms with Gasteiger partial charge in [-0.25, -0.2) is 4.98 Å². The summed E-state index contributed by atoms with van der Waals surface area (Å²) in [5.41, 5.74) is 0.829. The van der Waals surface area contributed by atoms with Crippen LogP contribution >= 0.6 is 0 Å². The molecular weight excluding hydrogens is 268 g/mol. The van der Waals surface area contributed by atoms with Crippen molar-refractivity contribution in [1.29, 1.82) is 0 Å². The number of hydrogen-bond acceptors (Lipinski definition) is 4. The van der Waals surface area contributed by atoms with E-state index in [0.717, 1.165) is 30.0 Å². The molecule has 1 atom stereocenters. The van der Waals surface area contributed by atoms with Crippen molar-refractivity contribution in [3.05, 3.63) is 42.0 Å². The summed E-state index contributed by atoms with van der Waals surface area (Å²) in [5.74, 6) is 2.44. The monoisotopic (exact) mass is 288 g/mol. The molecule has 1 aliphatic rings. The van der Waals surface area contributed by atoms with Crippen LogP contribution in [-0.2, 0) is 13.0 Å². The molecule has 0 radical (unpaired) electrons. The van der Waals surface area contributed by atoms with Crippen molar-refractivity contribution in [2.24, 2.45) is 0 Å². The van der Waals surface area contributed by atoms with Crippen LogP contribution in [-0.4, -0.2) is 27.9 Å². The van der Waals surface area contributed by atoms with Crippen LogP contribution in [0.3, 0.4) is 0 Å². The van der Waals surface area contributed by atoms with Gasteiger partial charge in [0.25, 0.3) is 0 Å². The zero-order chi connectivity index (χ0) is 14.7. The van der Waals surface area contributed by atoms with E-state index < -0.39 is 6.10 Å². The third-order valence-corrected chi connectivity index (χ3v) is 3.64. The van der Waals surface area contributed by atoms with Crippen LogP contribution < -0.4 is 9.47 Å². The minimum Gasteiger partial charge on any atom is -0.490 e. The molecule has 3 rings (SSSR count). The molecule has 5 nitrogen and oxygen atoms in total. The van der Waals surface area contributed by atoms with Crippen LogP contribution in [0.4, 0.5) is 0 Å². The molecule has 2 aromatic rings. The van der Waals surface area contributed by atoms with Crippen LogP contribution in [0.1, 0.15) is 30.8 Å². The average Bonchev–Trinajstić information content (AvgIpc) is 2.81. The fourth-order valence-corrected chi connectivity index (χ4v) is 2.50. The lowest BCUT2D eigenvalue weighted by atomic mass is 10.1. The van der Waals surface area contributed by atoms with E-state index in [1.54, 1.807) is 6.20 Å². The van der Waals surface area contributed by atoms with Crippen LogP contribution in [0.15, 0.2) is 30.6 Å². The maximum atomic E-state index is 10.4. The quantitative estimate of drug-likeness (QED) is 0.938. The molecule has 1 N–H and O–H groups in total. The summed E-state index contributed by atoms with van der Waals surface area (Å²) in [4.78, 5) is 4.27. The van der Waals surface area contributed by atoms with E-state index in [-0.39, 0.29) is 0 Å². The first-order chi connectivity index (χ1) is 10.3. The van der Waals surface area contributed by atoms with Gasteiger partial charge < -0.3 is 19.1 Å².